The van der Waals surface area contributed by atoms with Crippen molar-refractivity contribution in [2.45, 2.75) is 58.5 Å². The normalized spacial score (nSPS) is 15.2. The molecule has 1 aliphatic rings. The van der Waals surface area contributed by atoms with Crippen LogP contribution < -0.4 is 10.1 Å². The summed E-state index contributed by atoms with van der Waals surface area (Å²) in [5.41, 5.74) is 0.710. The second-order valence-corrected chi connectivity index (χ2v) is 6.60. The van der Waals surface area contributed by atoms with Crippen molar-refractivity contribution in [2.24, 2.45) is 0 Å². The molecular formula is C20H33ClN2O3. The number of halogens is 1. The van der Waals surface area contributed by atoms with E-state index in [1.165, 1.54) is 19.3 Å². The van der Waals surface area contributed by atoms with Gasteiger partial charge in [-0.1, -0.05) is 39.2 Å². The Morgan fingerprint density at radius 3 is 2.65 bits per heavy atom. The molecule has 0 aliphatic carbocycles. The van der Waals surface area contributed by atoms with Gasteiger partial charge in [0, 0.05) is 24.8 Å². The highest BCUT2D eigenvalue weighted by atomic mass is 35.5. The van der Waals surface area contributed by atoms with Gasteiger partial charge in [0.25, 0.3) is 0 Å². The predicted octanol–water partition coefficient (Wildman–Crippen LogP) is 5.10. The zero-order valence-electron chi connectivity index (χ0n) is 16.0. The Kier molecular flexibility index (Phi) is 11.1. The maximum atomic E-state index is 12.1. The monoisotopic (exact) mass is 384 g/mol. The van der Waals surface area contributed by atoms with Crippen LogP contribution in [-0.2, 0) is 4.74 Å². The zero-order valence-corrected chi connectivity index (χ0v) is 16.9. The molecule has 1 N–H and O–H groups in total. The van der Waals surface area contributed by atoms with Crippen molar-refractivity contribution in [3.63, 3.8) is 0 Å². The molecule has 0 unspecified atom stereocenters. The van der Waals surface area contributed by atoms with Gasteiger partial charge in [0.1, 0.15) is 11.9 Å². The number of rotatable bonds is 9. The Balaban J connectivity index is 0.00000338. The fourth-order valence-electron chi connectivity index (χ4n) is 3.02. The smallest absolute Gasteiger partial charge is 0.411 e. The van der Waals surface area contributed by atoms with Gasteiger partial charge in [-0.2, -0.15) is 0 Å². The van der Waals surface area contributed by atoms with E-state index in [0.29, 0.717) is 12.3 Å². The Bertz CT molecular complexity index is 520. The van der Waals surface area contributed by atoms with E-state index in [1.807, 2.05) is 24.3 Å². The van der Waals surface area contributed by atoms with Gasteiger partial charge in [-0.15, -0.1) is 12.4 Å². The standard InChI is InChI=1S/C20H32N2O3.ClH/c1-3-5-6-7-15-24-19-10-8-9-17(16-19)21-20(23)25-18-11-13-22(4-2)14-12-18;/h8-10,16,18H,3-7,11-15H2,1-2H3,(H,21,23);1H. The molecule has 1 amide bonds. The Morgan fingerprint density at radius 1 is 1.19 bits per heavy atom. The Morgan fingerprint density at radius 2 is 1.96 bits per heavy atom. The van der Waals surface area contributed by atoms with Gasteiger partial charge in [0.15, 0.2) is 0 Å². The lowest BCUT2D eigenvalue weighted by Crippen LogP contribution is -2.38. The van der Waals surface area contributed by atoms with E-state index >= 15 is 0 Å². The number of anilines is 1. The van der Waals surface area contributed by atoms with Crippen LogP contribution >= 0.6 is 12.4 Å². The van der Waals surface area contributed by atoms with Crippen molar-refractivity contribution in [1.29, 1.82) is 0 Å². The summed E-state index contributed by atoms with van der Waals surface area (Å²) in [6, 6.07) is 7.50. The lowest BCUT2D eigenvalue weighted by Gasteiger charge is -2.30. The topological polar surface area (TPSA) is 50.8 Å². The quantitative estimate of drug-likeness (QED) is 0.601. The number of unbranched alkanes of at least 4 members (excludes halogenated alkanes) is 3. The largest absolute Gasteiger partial charge is 0.494 e. The minimum absolute atomic E-state index is 0. The molecule has 6 heteroatoms. The first-order valence-corrected chi connectivity index (χ1v) is 9.64. The summed E-state index contributed by atoms with van der Waals surface area (Å²) in [7, 11) is 0. The summed E-state index contributed by atoms with van der Waals surface area (Å²) >= 11 is 0. The zero-order chi connectivity index (χ0) is 17.9. The predicted molar refractivity (Wildman–Crippen MR) is 109 cm³/mol. The fraction of sp³-hybridized carbons (Fsp3) is 0.650. The lowest BCUT2D eigenvalue weighted by atomic mass is 10.1. The van der Waals surface area contributed by atoms with E-state index in [2.05, 4.69) is 24.1 Å². The van der Waals surface area contributed by atoms with Crippen molar-refractivity contribution in [3.05, 3.63) is 24.3 Å². The van der Waals surface area contributed by atoms with Gasteiger partial charge in [0.2, 0.25) is 0 Å². The van der Waals surface area contributed by atoms with Gasteiger partial charge in [-0.05, 0) is 37.9 Å². The second-order valence-electron chi connectivity index (χ2n) is 6.60. The highest BCUT2D eigenvalue weighted by molar-refractivity contribution is 5.85. The molecule has 0 aromatic heterocycles. The van der Waals surface area contributed by atoms with E-state index in [4.69, 9.17) is 9.47 Å². The first-order chi connectivity index (χ1) is 12.2. The van der Waals surface area contributed by atoms with Crippen LogP contribution in [0.2, 0.25) is 0 Å². The fourth-order valence-corrected chi connectivity index (χ4v) is 3.02. The molecule has 1 saturated heterocycles. The molecule has 148 valence electrons. The first-order valence-electron chi connectivity index (χ1n) is 9.64. The average molecular weight is 385 g/mol. The van der Waals surface area contributed by atoms with Crippen LogP contribution in [0.5, 0.6) is 5.75 Å². The van der Waals surface area contributed by atoms with Gasteiger partial charge in [0.05, 0.1) is 6.61 Å². The van der Waals surface area contributed by atoms with E-state index in [-0.39, 0.29) is 24.6 Å². The van der Waals surface area contributed by atoms with Gasteiger partial charge in [-0.3, -0.25) is 5.32 Å². The molecule has 0 saturated carbocycles. The molecule has 2 rings (SSSR count). The molecule has 1 aromatic carbocycles. The second kappa shape index (κ2) is 12.8. The highest BCUT2D eigenvalue weighted by Crippen LogP contribution is 2.19. The van der Waals surface area contributed by atoms with Crippen LogP contribution in [0.15, 0.2) is 24.3 Å². The third-order valence-electron chi connectivity index (χ3n) is 4.60. The van der Waals surface area contributed by atoms with Crippen LogP contribution in [0.1, 0.15) is 52.4 Å². The van der Waals surface area contributed by atoms with E-state index in [1.54, 1.807) is 0 Å². The van der Waals surface area contributed by atoms with Gasteiger partial charge >= 0.3 is 6.09 Å². The molecule has 1 aromatic rings. The van der Waals surface area contributed by atoms with Crippen LogP contribution in [0.25, 0.3) is 0 Å². The SMILES string of the molecule is CCCCCCOc1cccc(NC(=O)OC2CCN(CC)CC2)c1.Cl. The molecule has 5 nitrogen and oxygen atoms in total. The Hall–Kier alpha value is -1.46. The number of hydrogen-bond acceptors (Lipinski definition) is 4. The number of likely N-dealkylation sites (tertiary alicyclic amines) is 1. The van der Waals surface area contributed by atoms with Crippen molar-refractivity contribution < 1.29 is 14.3 Å². The Labute approximate surface area is 163 Å². The molecular weight excluding hydrogens is 352 g/mol. The molecule has 1 heterocycles. The van der Waals surface area contributed by atoms with Crippen LogP contribution in [0.4, 0.5) is 10.5 Å². The summed E-state index contributed by atoms with van der Waals surface area (Å²) < 4.78 is 11.3. The van der Waals surface area contributed by atoms with E-state index in [0.717, 1.165) is 44.6 Å². The molecule has 1 aliphatic heterocycles. The number of ether oxygens (including phenoxy) is 2. The molecule has 26 heavy (non-hydrogen) atoms. The molecule has 0 spiro atoms. The maximum Gasteiger partial charge on any atom is 0.411 e. The average Bonchev–Trinajstić information content (AvgIpc) is 2.62. The van der Waals surface area contributed by atoms with Crippen LogP contribution in [0, 0.1) is 0 Å². The minimum Gasteiger partial charge on any atom is -0.494 e. The maximum absolute atomic E-state index is 12.1. The van der Waals surface area contributed by atoms with Crippen molar-refractivity contribution >= 4 is 24.2 Å². The number of nitrogens with one attached hydrogen (secondary N) is 1. The summed E-state index contributed by atoms with van der Waals surface area (Å²) in [5, 5.41) is 2.81. The van der Waals surface area contributed by atoms with Crippen molar-refractivity contribution in [2.75, 3.05) is 31.6 Å². The van der Waals surface area contributed by atoms with Crippen LogP contribution in [0.3, 0.4) is 0 Å². The number of benzene rings is 1. The lowest BCUT2D eigenvalue weighted by molar-refractivity contribution is 0.0606. The third-order valence-corrected chi connectivity index (χ3v) is 4.60. The molecule has 0 bridgehead atoms. The van der Waals surface area contributed by atoms with Gasteiger partial charge < -0.3 is 14.4 Å². The van der Waals surface area contributed by atoms with Crippen molar-refractivity contribution in [1.82, 2.24) is 4.90 Å². The van der Waals surface area contributed by atoms with Crippen LogP contribution in [-0.4, -0.2) is 43.3 Å². The van der Waals surface area contributed by atoms with E-state index < -0.39 is 0 Å². The molecule has 1 fully saturated rings. The number of hydrogen-bond donors (Lipinski definition) is 1. The highest BCUT2D eigenvalue weighted by Gasteiger charge is 2.21. The molecule has 0 radical (unpaired) electrons. The number of amides is 1. The van der Waals surface area contributed by atoms with Crippen molar-refractivity contribution in [3.8, 4) is 5.75 Å². The van der Waals surface area contributed by atoms with Gasteiger partial charge in [-0.25, -0.2) is 4.79 Å². The minimum atomic E-state index is -0.380. The molecule has 0 atom stereocenters. The number of carbonyl (C=O) groups excluding carboxylic acids is 1. The number of piperidine rings is 1. The first kappa shape index (κ1) is 22.6. The third kappa shape index (κ3) is 8.28. The van der Waals surface area contributed by atoms with E-state index in [9.17, 15) is 4.79 Å². The summed E-state index contributed by atoms with van der Waals surface area (Å²) in [5.74, 6) is 0.783. The number of nitrogens with zero attached hydrogens (tertiary/aromatic N) is 1. The summed E-state index contributed by atoms with van der Waals surface area (Å²) in [6.45, 7) is 8.12. The summed E-state index contributed by atoms with van der Waals surface area (Å²) in [6.07, 6.45) is 6.16. The number of carbonyl (C=O) groups is 1. The summed E-state index contributed by atoms with van der Waals surface area (Å²) in [4.78, 5) is 14.5.